The predicted molar refractivity (Wildman–Crippen MR) is 99.6 cm³/mol. The molecule has 25 heavy (non-hydrogen) atoms. The summed E-state index contributed by atoms with van der Waals surface area (Å²) < 4.78 is 10.6. The summed E-state index contributed by atoms with van der Waals surface area (Å²) in [6.07, 6.45) is 2.54. The largest absolute Gasteiger partial charge is 0.497 e. The molecule has 1 fully saturated rings. The number of carbonyl (C=O) groups excluding carboxylic acids is 1. The van der Waals surface area contributed by atoms with Crippen LogP contribution in [0.25, 0.3) is 0 Å². The first-order valence-electron chi connectivity index (χ1n) is 8.53. The van der Waals surface area contributed by atoms with E-state index in [0.29, 0.717) is 17.4 Å². The number of hydrogen-bond donors (Lipinski definition) is 1. The molecule has 0 aromatic heterocycles. The third-order valence-corrected chi connectivity index (χ3v) is 4.53. The summed E-state index contributed by atoms with van der Waals surface area (Å²) in [7, 11) is 3.36. The zero-order valence-electron chi connectivity index (χ0n) is 14.7. The molecular weight excluding hydrogens is 316 g/mol. The molecule has 2 aromatic rings. The first-order chi connectivity index (χ1) is 12.2. The second kappa shape index (κ2) is 8.03. The lowest BCUT2D eigenvalue weighted by Gasteiger charge is -2.33. The molecule has 0 bridgehead atoms. The molecule has 0 spiro atoms. The van der Waals surface area contributed by atoms with Crippen LogP contribution in [0.4, 0.5) is 11.4 Å². The summed E-state index contributed by atoms with van der Waals surface area (Å²) in [5.41, 5.74) is 2.50. The molecule has 1 aliphatic rings. The van der Waals surface area contributed by atoms with Crippen LogP contribution in [0.5, 0.6) is 5.75 Å². The Labute approximate surface area is 148 Å². The minimum Gasteiger partial charge on any atom is -0.497 e. The van der Waals surface area contributed by atoms with Crippen molar-refractivity contribution in [1.29, 1.82) is 0 Å². The van der Waals surface area contributed by atoms with E-state index in [9.17, 15) is 4.79 Å². The van der Waals surface area contributed by atoms with Gasteiger partial charge in [0.05, 0.1) is 13.2 Å². The van der Waals surface area contributed by atoms with E-state index >= 15 is 0 Å². The van der Waals surface area contributed by atoms with E-state index in [1.165, 1.54) is 0 Å². The average molecular weight is 340 g/mol. The highest BCUT2D eigenvalue weighted by atomic mass is 16.5. The quantitative estimate of drug-likeness (QED) is 0.904. The monoisotopic (exact) mass is 340 g/mol. The van der Waals surface area contributed by atoms with E-state index in [0.717, 1.165) is 37.3 Å². The first kappa shape index (κ1) is 17.3. The minimum atomic E-state index is -0.149. The van der Waals surface area contributed by atoms with Crippen LogP contribution in [0.2, 0.25) is 0 Å². The highest BCUT2D eigenvalue weighted by Crippen LogP contribution is 2.23. The van der Waals surface area contributed by atoms with Crippen molar-refractivity contribution in [1.82, 2.24) is 0 Å². The Morgan fingerprint density at radius 2 is 1.96 bits per heavy atom. The number of amides is 1. The molecule has 1 unspecified atom stereocenters. The van der Waals surface area contributed by atoms with Crippen molar-refractivity contribution < 1.29 is 14.3 Å². The van der Waals surface area contributed by atoms with Crippen LogP contribution in [0.15, 0.2) is 48.5 Å². The number of piperidine rings is 1. The van der Waals surface area contributed by atoms with Gasteiger partial charge in [-0.3, -0.25) is 4.79 Å². The third kappa shape index (κ3) is 4.31. The Morgan fingerprint density at radius 3 is 2.68 bits per heavy atom. The van der Waals surface area contributed by atoms with Gasteiger partial charge in [-0.1, -0.05) is 6.07 Å². The van der Waals surface area contributed by atoms with Crippen molar-refractivity contribution in [3.05, 3.63) is 54.1 Å². The van der Waals surface area contributed by atoms with E-state index in [-0.39, 0.29) is 5.91 Å². The molecular formula is C20H24N2O3. The minimum absolute atomic E-state index is 0.149. The summed E-state index contributed by atoms with van der Waals surface area (Å²) >= 11 is 0. The molecule has 1 atom stereocenters. The average Bonchev–Trinajstić information content (AvgIpc) is 2.68. The van der Waals surface area contributed by atoms with Crippen LogP contribution in [0.3, 0.4) is 0 Å². The number of carbonyl (C=O) groups is 1. The van der Waals surface area contributed by atoms with Gasteiger partial charge in [-0.2, -0.15) is 0 Å². The number of nitrogens with one attached hydrogen (secondary N) is 1. The number of ether oxygens (including phenoxy) is 2. The van der Waals surface area contributed by atoms with Crippen molar-refractivity contribution in [2.75, 3.05) is 37.5 Å². The molecule has 5 nitrogen and oxygen atoms in total. The fourth-order valence-corrected chi connectivity index (χ4v) is 3.09. The van der Waals surface area contributed by atoms with Gasteiger partial charge < -0.3 is 19.7 Å². The van der Waals surface area contributed by atoms with Gasteiger partial charge in [0.15, 0.2) is 0 Å². The standard InChI is InChI=1S/C20H24N2O3/c1-24-18-6-3-5-15(13-18)20(23)21-16-8-10-17(11-9-16)22-12-4-7-19(14-22)25-2/h3,5-6,8-11,13,19H,4,7,12,14H2,1-2H3,(H,21,23). The fraction of sp³-hybridized carbons (Fsp3) is 0.350. The smallest absolute Gasteiger partial charge is 0.255 e. The lowest BCUT2D eigenvalue weighted by atomic mass is 10.1. The third-order valence-electron chi connectivity index (χ3n) is 4.53. The van der Waals surface area contributed by atoms with E-state index in [1.54, 1.807) is 32.4 Å². The van der Waals surface area contributed by atoms with Crippen molar-refractivity contribution >= 4 is 17.3 Å². The summed E-state index contributed by atoms with van der Waals surface area (Å²) in [5.74, 6) is 0.518. The van der Waals surface area contributed by atoms with Gasteiger partial charge in [-0.05, 0) is 55.3 Å². The first-order valence-corrected chi connectivity index (χ1v) is 8.53. The molecule has 1 saturated heterocycles. The molecule has 0 saturated carbocycles. The van der Waals surface area contributed by atoms with Crippen LogP contribution in [0, 0.1) is 0 Å². The van der Waals surface area contributed by atoms with Gasteiger partial charge in [0.1, 0.15) is 5.75 Å². The molecule has 0 aliphatic carbocycles. The maximum Gasteiger partial charge on any atom is 0.255 e. The summed E-state index contributed by atoms with van der Waals surface area (Å²) in [6.45, 7) is 1.95. The Morgan fingerprint density at radius 1 is 1.16 bits per heavy atom. The Hall–Kier alpha value is -2.53. The molecule has 132 valence electrons. The number of nitrogens with zero attached hydrogens (tertiary/aromatic N) is 1. The zero-order valence-corrected chi connectivity index (χ0v) is 14.7. The van der Waals surface area contributed by atoms with Crippen LogP contribution in [-0.2, 0) is 4.74 Å². The Kier molecular flexibility index (Phi) is 5.56. The molecule has 0 radical (unpaired) electrons. The predicted octanol–water partition coefficient (Wildman–Crippen LogP) is 3.56. The maximum absolute atomic E-state index is 12.4. The Balaban J connectivity index is 1.65. The lowest BCUT2D eigenvalue weighted by molar-refractivity contribution is 0.0893. The maximum atomic E-state index is 12.4. The lowest BCUT2D eigenvalue weighted by Crippen LogP contribution is -2.39. The molecule has 3 rings (SSSR count). The molecule has 2 aromatic carbocycles. The van der Waals surface area contributed by atoms with Gasteiger partial charge in [0.25, 0.3) is 5.91 Å². The number of benzene rings is 2. The Bertz CT molecular complexity index is 715. The van der Waals surface area contributed by atoms with Crippen molar-refractivity contribution in [3.8, 4) is 5.75 Å². The van der Waals surface area contributed by atoms with Crippen LogP contribution >= 0.6 is 0 Å². The van der Waals surface area contributed by atoms with E-state index in [4.69, 9.17) is 9.47 Å². The van der Waals surface area contributed by atoms with Crippen molar-refractivity contribution in [3.63, 3.8) is 0 Å². The number of hydrogen-bond acceptors (Lipinski definition) is 4. The van der Waals surface area contributed by atoms with E-state index in [1.807, 2.05) is 30.3 Å². The second-order valence-electron chi connectivity index (χ2n) is 6.18. The van der Waals surface area contributed by atoms with E-state index in [2.05, 4.69) is 10.2 Å². The van der Waals surface area contributed by atoms with Gasteiger partial charge in [0, 0.05) is 37.1 Å². The van der Waals surface area contributed by atoms with Gasteiger partial charge in [0.2, 0.25) is 0 Å². The van der Waals surface area contributed by atoms with Crippen LogP contribution < -0.4 is 15.0 Å². The topological polar surface area (TPSA) is 50.8 Å². The molecule has 5 heteroatoms. The molecule has 1 aliphatic heterocycles. The summed E-state index contributed by atoms with van der Waals surface area (Å²) in [5, 5.41) is 2.92. The summed E-state index contributed by atoms with van der Waals surface area (Å²) in [4.78, 5) is 14.7. The normalized spacial score (nSPS) is 17.2. The number of anilines is 2. The van der Waals surface area contributed by atoms with Gasteiger partial charge in [-0.25, -0.2) is 0 Å². The number of methoxy groups -OCH3 is 2. The number of rotatable bonds is 5. The molecule has 1 N–H and O–H groups in total. The second-order valence-corrected chi connectivity index (χ2v) is 6.18. The van der Waals surface area contributed by atoms with Gasteiger partial charge in [-0.15, -0.1) is 0 Å². The van der Waals surface area contributed by atoms with Gasteiger partial charge >= 0.3 is 0 Å². The van der Waals surface area contributed by atoms with Crippen molar-refractivity contribution in [2.45, 2.75) is 18.9 Å². The summed E-state index contributed by atoms with van der Waals surface area (Å²) in [6, 6.07) is 15.1. The van der Waals surface area contributed by atoms with Crippen LogP contribution in [0.1, 0.15) is 23.2 Å². The highest BCUT2D eigenvalue weighted by Gasteiger charge is 2.19. The van der Waals surface area contributed by atoms with Crippen molar-refractivity contribution in [2.24, 2.45) is 0 Å². The molecule has 1 amide bonds. The van der Waals surface area contributed by atoms with E-state index < -0.39 is 0 Å². The SMILES string of the molecule is COc1cccc(C(=O)Nc2ccc(N3CCCC(OC)C3)cc2)c1. The fourth-order valence-electron chi connectivity index (χ4n) is 3.09. The highest BCUT2D eigenvalue weighted by molar-refractivity contribution is 6.04. The van der Waals surface area contributed by atoms with Crippen LogP contribution in [-0.4, -0.2) is 39.3 Å². The zero-order chi connectivity index (χ0) is 17.6. The molecule has 1 heterocycles.